The molecule has 1 unspecified atom stereocenters. The maximum absolute atomic E-state index is 6.24. The molecule has 108 valence electrons. The molecule has 0 saturated heterocycles. The largest absolute Gasteiger partial charge is 0.383 e. The Bertz CT molecular complexity index is 611. The number of nitrogens with zero attached hydrogens (tertiary/aromatic N) is 2. The normalized spacial score (nSPS) is 12.7. The van der Waals surface area contributed by atoms with Gasteiger partial charge >= 0.3 is 0 Å². The van der Waals surface area contributed by atoms with E-state index < -0.39 is 0 Å². The van der Waals surface area contributed by atoms with E-state index in [0.717, 1.165) is 29.9 Å². The van der Waals surface area contributed by atoms with Crippen LogP contribution in [0.15, 0.2) is 18.2 Å². The fraction of sp³-hybridized carbons (Fsp3) is 0.471. The minimum Gasteiger partial charge on any atom is -0.383 e. The quantitative estimate of drug-likeness (QED) is 0.917. The van der Waals surface area contributed by atoms with Gasteiger partial charge in [0.1, 0.15) is 5.82 Å². The van der Waals surface area contributed by atoms with Crippen molar-refractivity contribution >= 4 is 5.82 Å². The molecule has 0 saturated carbocycles. The van der Waals surface area contributed by atoms with E-state index in [1.165, 1.54) is 16.7 Å². The zero-order valence-corrected chi connectivity index (χ0v) is 13.2. The van der Waals surface area contributed by atoms with Crippen LogP contribution in [0, 0.1) is 19.8 Å². The highest BCUT2D eigenvalue weighted by Gasteiger charge is 2.17. The lowest BCUT2D eigenvalue weighted by molar-refractivity contribution is 0.547. The van der Waals surface area contributed by atoms with Crippen LogP contribution in [0.2, 0.25) is 0 Å². The first-order valence-electron chi connectivity index (χ1n) is 7.33. The van der Waals surface area contributed by atoms with E-state index in [-0.39, 0.29) is 0 Å². The Kier molecular flexibility index (Phi) is 4.17. The van der Waals surface area contributed by atoms with Crippen LogP contribution in [0.3, 0.4) is 0 Å². The number of hydrogen-bond acceptors (Lipinski definition) is 2. The Morgan fingerprint density at radius 1 is 1.25 bits per heavy atom. The van der Waals surface area contributed by atoms with E-state index in [1.807, 2.05) is 7.05 Å². The number of aromatic nitrogens is 2. The minimum absolute atomic E-state index is 0.620. The lowest BCUT2D eigenvalue weighted by Crippen LogP contribution is -2.01. The molecule has 0 aliphatic heterocycles. The minimum atomic E-state index is 0.620. The fourth-order valence-corrected chi connectivity index (χ4v) is 2.42. The van der Waals surface area contributed by atoms with Gasteiger partial charge in [-0.2, -0.15) is 5.10 Å². The number of benzene rings is 1. The summed E-state index contributed by atoms with van der Waals surface area (Å²) < 4.78 is 1.79. The maximum Gasteiger partial charge on any atom is 0.129 e. The summed E-state index contributed by atoms with van der Waals surface area (Å²) >= 11 is 0. The molecular weight excluding hydrogens is 246 g/mol. The molecule has 0 spiro atoms. The second-order valence-corrected chi connectivity index (χ2v) is 5.85. The van der Waals surface area contributed by atoms with Gasteiger partial charge in [-0.3, -0.25) is 4.68 Å². The van der Waals surface area contributed by atoms with Crippen molar-refractivity contribution in [1.29, 1.82) is 0 Å². The number of nitrogen functional groups attached to an aromatic ring is 1. The summed E-state index contributed by atoms with van der Waals surface area (Å²) in [7, 11) is 1.92. The van der Waals surface area contributed by atoms with Crippen LogP contribution < -0.4 is 5.73 Å². The van der Waals surface area contributed by atoms with Gasteiger partial charge in [0.25, 0.3) is 0 Å². The van der Waals surface area contributed by atoms with Crippen molar-refractivity contribution in [3.05, 3.63) is 35.0 Å². The second-order valence-electron chi connectivity index (χ2n) is 5.85. The molecule has 1 aromatic carbocycles. The van der Waals surface area contributed by atoms with Gasteiger partial charge in [-0.25, -0.2) is 0 Å². The third-order valence-corrected chi connectivity index (χ3v) is 4.20. The molecule has 0 amide bonds. The lowest BCUT2D eigenvalue weighted by atomic mass is 9.95. The molecule has 3 nitrogen and oxygen atoms in total. The van der Waals surface area contributed by atoms with Gasteiger partial charge in [0.05, 0.1) is 5.69 Å². The van der Waals surface area contributed by atoms with Crippen molar-refractivity contribution in [2.24, 2.45) is 13.0 Å². The molecule has 1 heterocycles. The average molecular weight is 271 g/mol. The smallest absolute Gasteiger partial charge is 0.129 e. The molecule has 20 heavy (non-hydrogen) atoms. The molecule has 1 atom stereocenters. The Balaban J connectivity index is 2.51. The summed E-state index contributed by atoms with van der Waals surface area (Å²) in [6.45, 7) is 8.74. The van der Waals surface area contributed by atoms with Crippen molar-refractivity contribution in [2.45, 2.75) is 40.5 Å². The Labute approximate surface area is 121 Å². The van der Waals surface area contributed by atoms with Crippen LogP contribution in [0.1, 0.15) is 37.1 Å². The summed E-state index contributed by atoms with van der Waals surface area (Å²) in [5.74, 6) is 1.38. The zero-order chi connectivity index (χ0) is 14.9. The lowest BCUT2D eigenvalue weighted by Gasteiger charge is -2.10. The summed E-state index contributed by atoms with van der Waals surface area (Å²) in [6, 6.07) is 6.52. The third kappa shape index (κ3) is 2.72. The molecule has 0 fully saturated rings. The monoisotopic (exact) mass is 271 g/mol. The number of nitrogens with two attached hydrogens (primary N) is 1. The van der Waals surface area contributed by atoms with Crippen LogP contribution in [-0.2, 0) is 13.5 Å². The first-order valence-corrected chi connectivity index (χ1v) is 7.33. The van der Waals surface area contributed by atoms with Crippen molar-refractivity contribution in [3.63, 3.8) is 0 Å². The van der Waals surface area contributed by atoms with Crippen LogP contribution in [0.5, 0.6) is 0 Å². The number of rotatable bonds is 4. The highest BCUT2D eigenvalue weighted by Crippen LogP contribution is 2.32. The highest BCUT2D eigenvalue weighted by molar-refractivity contribution is 5.77. The molecule has 0 aliphatic carbocycles. The van der Waals surface area contributed by atoms with Gasteiger partial charge in [-0.1, -0.05) is 38.5 Å². The maximum atomic E-state index is 6.24. The van der Waals surface area contributed by atoms with E-state index in [0.29, 0.717) is 5.92 Å². The summed E-state index contributed by atoms with van der Waals surface area (Å²) in [5.41, 5.74) is 12.2. The predicted octanol–water partition coefficient (Wildman–Crippen LogP) is 3.87. The molecule has 0 bridgehead atoms. The van der Waals surface area contributed by atoms with E-state index in [2.05, 4.69) is 51.0 Å². The standard InChI is InChI=1S/C17H25N3/c1-6-11(2)9-15-16(17(18)20(5)19-15)14-8-7-12(3)13(4)10-14/h7-8,10-11H,6,9,18H2,1-5H3. The topological polar surface area (TPSA) is 43.8 Å². The predicted molar refractivity (Wildman–Crippen MR) is 85.7 cm³/mol. The third-order valence-electron chi connectivity index (χ3n) is 4.20. The molecule has 0 radical (unpaired) electrons. The van der Waals surface area contributed by atoms with Gasteiger partial charge in [-0.05, 0) is 42.9 Å². The highest BCUT2D eigenvalue weighted by atomic mass is 15.3. The van der Waals surface area contributed by atoms with Crippen molar-refractivity contribution in [1.82, 2.24) is 9.78 Å². The van der Waals surface area contributed by atoms with Crippen molar-refractivity contribution in [3.8, 4) is 11.1 Å². The number of anilines is 1. The van der Waals surface area contributed by atoms with Gasteiger partial charge in [-0.15, -0.1) is 0 Å². The van der Waals surface area contributed by atoms with Crippen LogP contribution >= 0.6 is 0 Å². The van der Waals surface area contributed by atoms with Crippen LogP contribution in [0.25, 0.3) is 11.1 Å². The first kappa shape index (κ1) is 14.6. The summed E-state index contributed by atoms with van der Waals surface area (Å²) in [6.07, 6.45) is 2.13. The van der Waals surface area contributed by atoms with Gasteiger partial charge in [0.15, 0.2) is 0 Å². The summed E-state index contributed by atoms with van der Waals surface area (Å²) in [5, 5.41) is 4.62. The Hall–Kier alpha value is -1.77. The number of aryl methyl sites for hydroxylation is 3. The molecule has 2 rings (SSSR count). The molecular formula is C17H25N3. The zero-order valence-electron chi connectivity index (χ0n) is 13.2. The first-order chi connectivity index (χ1) is 9.43. The van der Waals surface area contributed by atoms with Gasteiger partial charge in [0.2, 0.25) is 0 Å². The van der Waals surface area contributed by atoms with E-state index in [1.54, 1.807) is 4.68 Å². The second kappa shape index (κ2) is 5.70. The van der Waals surface area contributed by atoms with Crippen LogP contribution in [-0.4, -0.2) is 9.78 Å². The van der Waals surface area contributed by atoms with E-state index >= 15 is 0 Å². The molecule has 3 heteroatoms. The molecule has 2 N–H and O–H groups in total. The Morgan fingerprint density at radius 2 is 1.95 bits per heavy atom. The van der Waals surface area contributed by atoms with Crippen molar-refractivity contribution < 1.29 is 0 Å². The number of hydrogen-bond donors (Lipinski definition) is 1. The van der Waals surface area contributed by atoms with Gasteiger partial charge < -0.3 is 5.73 Å². The van der Waals surface area contributed by atoms with E-state index in [9.17, 15) is 0 Å². The molecule has 0 aliphatic rings. The average Bonchev–Trinajstić information content (AvgIpc) is 2.68. The van der Waals surface area contributed by atoms with Crippen molar-refractivity contribution in [2.75, 3.05) is 5.73 Å². The van der Waals surface area contributed by atoms with E-state index in [4.69, 9.17) is 5.73 Å². The molecule has 2 aromatic rings. The Morgan fingerprint density at radius 3 is 2.55 bits per heavy atom. The fourth-order valence-electron chi connectivity index (χ4n) is 2.42. The summed E-state index contributed by atoms with van der Waals surface area (Å²) in [4.78, 5) is 0. The van der Waals surface area contributed by atoms with Crippen LogP contribution in [0.4, 0.5) is 5.82 Å². The van der Waals surface area contributed by atoms with Gasteiger partial charge in [0, 0.05) is 12.6 Å². The molecule has 1 aromatic heterocycles. The SMILES string of the molecule is CCC(C)Cc1nn(C)c(N)c1-c1ccc(C)c(C)c1.